The molecule has 0 saturated heterocycles. The van der Waals surface area contributed by atoms with Gasteiger partial charge < -0.3 is 20.4 Å². The van der Waals surface area contributed by atoms with Gasteiger partial charge in [0.1, 0.15) is 11.5 Å². The van der Waals surface area contributed by atoms with Gasteiger partial charge in [-0.1, -0.05) is 35.9 Å². The number of fused-ring (bicyclic) bond motifs is 1. The van der Waals surface area contributed by atoms with E-state index in [1.165, 1.54) is 6.07 Å². The summed E-state index contributed by atoms with van der Waals surface area (Å²) in [6.07, 6.45) is 0.681. The molecule has 1 aliphatic heterocycles. The largest absolute Gasteiger partial charge is 0.507 e. The summed E-state index contributed by atoms with van der Waals surface area (Å²) in [6.45, 7) is 3.61. The summed E-state index contributed by atoms with van der Waals surface area (Å²) in [6, 6.07) is 10.2. The number of nitrogens with one attached hydrogen (secondary N) is 1. The molecule has 3 N–H and O–H groups in total. The number of aromatic hydroxyl groups is 2. The number of halogens is 1. The van der Waals surface area contributed by atoms with E-state index in [2.05, 4.69) is 5.32 Å². The molecule has 0 unspecified atom stereocenters. The molecule has 0 aromatic heterocycles. The Hall–Kier alpha value is -2.73. The highest BCUT2D eigenvalue weighted by molar-refractivity contribution is 6.32. The zero-order valence-corrected chi connectivity index (χ0v) is 14.5. The van der Waals surface area contributed by atoms with Crippen molar-refractivity contribution in [3.8, 4) is 11.5 Å². The van der Waals surface area contributed by atoms with Crippen molar-refractivity contribution in [2.24, 2.45) is 0 Å². The Morgan fingerprint density at radius 2 is 1.80 bits per heavy atom. The molecule has 0 aliphatic carbocycles. The van der Waals surface area contributed by atoms with E-state index in [4.69, 9.17) is 11.6 Å². The second-order valence-corrected chi connectivity index (χ2v) is 5.83. The first-order valence-corrected chi connectivity index (χ1v) is 8.10. The number of nitrogens with zero attached hydrogens (tertiary/aromatic N) is 1. The highest BCUT2D eigenvalue weighted by Crippen LogP contribution is 2.33. The summed E-state index contributed by atoms with van der Waals surface area (Å²) in [4.78, 5) is 23.4. The van der Waals surface area contributed by atoms with Gasteiger partial charge in [-0.25, -0.2) is 0 Å². The standard InChI is InChI=1S/C15H12ClNO3.C3H7NO/c16-12-5-11(13(18)6-14(12)19)15(20)17-7-9-3-1-2-4-10(9)8-17;1-2-4-3-5/h1-6,18-19H,7-8H2;3H,2H2,1H3,(H,4,5). The molecule has 0 saturated carbocycles. The number of carbonyl (C=O) groups is 2. The first-order chi connectivity index (χ1) is 12.0. The lowest BCUT2D eigenvalue weighted by Gasteiger charge is -2.16. The van der Waals surface area contributed by atoms with E-state index >= 15 is 0 Å². The van der Waals surface area contributed by atoms with Gasteiger partial charge in [0, 0.05) is 25.7 Å². The predicted molar refractivity (Wildman–Crippen MR) is 94.5 cm³/mol. The fourth-order valence-corrected chi connectivity index (χ4v) is 2.62. The molecule has 2 amide bonds. The van der Waals surface area contributed by atoms with Crippen molar-refractivity contribution in [3.63, 3.8) is 0 Å². The van der Waals surface area contributed by atoms with Gasteiger partial charge in [-0.05, 0) is 24.1 Å². The van der Waals surface area contributed by atoms with E-state index in [1.807, 2.05) is 31.2 Å². The molecule has 0 radical (unpaired) electrons. The average Bonchev–Trinajstić information content (AvgIpc) is 3.03. The smallest absolute Gasteiger partial charge is 0.258 e. The summed E-state index contributed by atoms with van der Waals surface area (Å²) in [5.74, 6) is -0.820. The zero-order valence-electron chi connectivity index (χ0n) is 13.7. The van der Waals surface area contributed by atoms with Crippen LogP contribution < -0.4 is 5.32 Å². The number of hydrogen-bond donors (Lipinski definition) is 3. The van der Waals surface area contributed by atoms with Gasteiger partial charge in [0.05, 0.1) is 10.6 Å². The van der Waals surface area contributed by atoms with Gasteiger partial charge in [-0.2, -0.15) is 0 Å². The molecule has 3 rings (SSSR count). The van der Waals surface area contributed by atoms with Gasteiger partial charge >= 0.3 is 0 Å². The SMILES string of the molecule is CCNC=O.O=C(c1cc(Cl)c(O)cc1O)N1Cc2ccccc2C1. The second kappa shape index (κ2) is 8.39. The molecule has 0 fully saturated rings. The van der Waals surface area contributed by atoms with E-state index in [9.17, 15) is 19.8 Å². The van der Waals surface area contributed by atoms with Gasteiger partial charge in [0.2, 0.25) is 6.41 Å². The molecular formula is C18H19ClN2O4. The van der Waals surface area contributed by atoms with Crippen molar-refractivity contribution in [2.45, 2.75) is 20.0 Å². The zero-order chi connectivity index (χ0) is 18.4. The fraction of sp³-hybridized carbons (Fsp3) is 0.222. The first kappa shape index (κ1) is 18.6. The van der Waals surface area contributed by atoms with Crippen molar-refractivity contribution in [1.29, 1.82) is 0 Å². The maximum atomic E-state index is 12.4. The Labute approximate surface area is 150 Å². The summed E-state index contributed by atoms with van der Waals surface area (Å²) >= 11 is 5.79. The maximum absolute atomic E-state index is 12.4. The monoisotopic (exact) mass is 362 g/mol. The molecule has 2 aromatic rings. The molecule has 6 nitrogen and oxygen atoms in total. The van der Waals surface area contributed by atoms with Crippen LogP contribution in [-0.4, -0.2) is 34.0 Å². The third kappa shape index (κ3) is 4.42. The van der Waals surface area contributed by atoms with Crippen molar-refractivity contribution in [3.05, 3.63) is 58.1 Å². The number of phenolic OH excluding ortho intramolecular Hbond substituents is 2. The van der Waals surface area contributed by atoms with Gasteiger partial charge in [-0.3, -0.25) is 9.59 Å². The molecule has 1 heterocycles. The molecule has 25 heavy (non-hydrogen) atoms. The number of hydrogen-bond acceptors (Lipinski definition) is 4. The highest BCUT2D eigenvalue weighted by atomic mass is 35.5. The van der Waals surface area contributed by atoms with Crippen molar-refractivity contribution >= 4 is 23.9 Å². The first-order valence-electron chi connectivity index (χ1n) is 7.72. The van der Waals surface area contributed by atoms with Crippen LogP contribution in [0.3, 0.4) is 0 Å². The molecule has 2 aromatic carbocycles. The summed E-state index contributed by atoms with van der Waals surface area (Å²) in [5.41, 5.74) is 2.30. The van der Waals surface area contributed by atoms with Crippen LogP contribution in [0.5, 0.6) is 11.5 Å². The highest BCUT2D eigenvalue weighted by Gasteiger charge is 2.26. The van der Waals surface area contributed by atoms with Gasteiger partial charge in [0.25, 0.3) is 5.91 Å². The topological polar surface area (TPSA) is 89.9 Å². The Bertz CT molecular complexity index is 755. The van der Waals surface area contributed by atoms with Crippen LogP contribution >= 0.6 is 11.6 Å². The average molecular weight is 363 g/mol. The van der Waals surface area contributed by atoms with Crippen LogP contribution in [0.25, 0.3) is 0 Å². The minimum absolute atomic E-state index is 0.0443. The predicted octanol–water partition coefficient (Wildman–Crippen LogP) is 2.66. The van der Waals surface area contributed by atoms with Crippen LogP contribution in [0, 0.1) is 0 Å². The van der Waals surface area contributed by atoms with Crippen LogP contribution in [0.2, 0.25) is 5.02 Å². The Morgan fingerprint density at radius 1 is 1.20 bits per heavy atom. The molecule has 0 spiro atoms. The number of amides is 2. The van der Waals surface area contributed by atoms with Crippen LogP contribution in [0.4, 0.5) is 0 Å². The third-order valence-corrected chi connectivity index (χ3v) is 4.01. The number of benzene rings is 2. The Balaban J connectivity index is 0.000000399. The van der Waals surface area contributed by atoms with Crippen LogP contribution in [0.1, 0.15) is 28.4 Å². The van der Waals surface area contributed by atoms with Gasteiger partial charge in [0.15, 0.2) is 0 Å². The Morgan fingerprint density at radius 3 is 2.28 bits per heavy atom. The van der Waals surface area contributed by atoms with Crippen molar-refractivity contribution in [2.75, 3.05) is 6.54 Å². The minimum Gasteiger partial charge on any atom is -0.507 e. The van der Waals surface area contributed by atoms with Gasteiger partial charge in [-0.15, -0.1) is 0 Å². The van der Waals surface area contributed by atoms with Crippen LogP contribution in [0.15, 0.2) is 36.4 Å². The molecular weight excluding hydrogens is 344 g/mol. The van der Waals surface area contributed by atoms with E-state index in [0.717, 1.165) is 23.7 Å². The van der Waals surface area contributed by atoms with Crippen LogP contribution in [-0.2, 0) is 17.9 Å². The van der Waals surface area contributed by atoms with E-state index in [1.54, 1.807) is 4.90 Å². The van der Waals surface area contributed by atoms with E-state index < -0.39 is 0 Å². The lowest BCUT2D eigenvalue weighted by atomic mass is 10.1. The molecule has 132 valence electrons. The molecule has 0 bridgehead atoms. The third-order valence-electron chi connectivity index (χ3n) is 3.71. The normalized spacial score (nSPS) is 12.0. The summed E-state index contributed by atoms with van der Waals surface area (Å²) in [7, 11) is 0. The fourth-order valence-electron chi connectivity index (χ4n) is 2.45. The van der Waals surface area contributed by atoms with E-state index in [-0.39, 0.29) is 28.0 Å². The number of phenols is 2. The second-order valence-electron chi connectivity index (χ2n) is 5.43. The lowest BCUT2D eigenvalue weighted by molar-refractivity contribution is -0.109. The maximum Gasteiger partial charge on any atom is 0.258 e. The minimum atomic E-state index is -0.305. The number of rotatable bonds is 3. The quantitative estimate of drug-likeness (QED) is 0.732. The lowest BCUT2D eigenvalue weighted by Crippen LogP contribution is -2.25. The molecule has 7 heteroatoms. The van der Waals surface area contributed by atoms with E-state index in [0.29, 0.717) is 19.5 Å². The summed E-state index contributed by atoms with van der Waals surface area (Å²) < 4.78 is 0. The Kier molecular flexibility index (Phi) is 6.25. The van der Waals surface area contributed by atoms with Crippen molar-refractivity contribution < 1.29 is 19.8 Å². The summed E-state index contributed by atoms with van der Waals surface area (Å²) in [5, 5.41) is 21.7. The molecule has 0 atom stereocenters. The van der Waals surface area contributed by atoms with Crippen molar-refractivity contribution in [1.82, 2.24) is 10.2 Å². The number of carbonyl (C=O) groups excluding carboxylic acids is 2. The molecule has 1 aliphatic rings.